The monoisotopic (exact) mass is 353 g/mol. The van der Waals surface area contributed by atoms with Gasteiger partial charge in [-0.2, -0.15) is 0 Å². The third-order valence-corrected chi connectivity index (χ3v) is 4.23. The zero-order chi connectivity index (χ0) is 17.5. The van der Waals surface area contributed by atoms with Crippen molar-refractivity contribution in [2.24, 2.45) is 0 Å². The Hall–Kier alpha value is -1.63. The summed E-state index contributed by atoms with van der Waals surface area (Å²) in [7, 11) is 0. The van der Waals surface area contributed by atoms with Crippen molar-refractivity contribution in [1.82, 2.24) is 10.2 Å². The molecule has 0 aromatic heterocycles. The summed E-state index contributed by atoms with van der Waals surface area (Å²) in [6.45, 7) is 7.90. The Balaban J connectivity index is 1.89. The molecule has 2 amide bonds. The van der Waals surface area contributed by atoms with Gasteiger partial charge in [-0.25, -0.2) is 0 Å². The number of hydrogen-bond donors (Lipinski definition) is 1. The molecule has 2 rings (SSSR count). The Bertz CT molecular complexity index is 588. The highest BCUT2D eigenvalue weighted by Crippen LogP contribution is 2.24. The van der Waals surface area contributed by atoms with E-state index in [2.05, 4.69) is 10.2 Å². The molecule has 0 saturated carbocycles. The molecule has 1 aliphatic heterocycles. The highest BCUT2D eigenvalue weighted by atomic mass is 35.5. The lowest BCUT2D eigenvalue weighted by Crippen LogP contribution is -2.44. The fourth-order valence-corrected chi connectivity index (χ4v) is 2.78. The van der Waals surface area contributed by atoms with E-state index in [1.807, 2.05) is 13.0 Å². The van der Waals surface area contributed by atoms with Crippen LogP contribution in [-0.2, 0) is 14.3 Å². The normalized spacial score (nSPS) is 15.1. The molecule has 7 heteroatoms. The second-order valence-corrected chi connectivity index (χ2v) is 6.28. The lowest BCUT2D eigenvalue weighted by molar-refractivity contribution is -0.123. The predicted molar refractivity (Wildman–Crippen MR) is 94.5 cm³/mol. The van der Waals surface area contributed by atoms with Crippen LogP contribution in [-0.4, -0.2) is 62.7 Å². The topological polar surface area (TPSA) is 61.9 Å². The maximum Gasteiger partial charge on any atom is 0.240 e. The molecule has 1 saturated heterocycles. The Labute approximate surface area is 147 Å². The molecule has 6 nitrogen and oxygen atoms in total. The number of carbonyl (C=O) groups excluding carboxylic acids is 2. The van der Waals surface area contributed by atoms with Crippen LogP contribution in [0.15, 0.2) is 18.2 Å². The molecule has 1 aromatic rings. The van der Waals surface area contributed by atoms with E-state index in [4.69, 9.17) is 16.3 Å². The highest BCUT2D eigenvalue weighted by molar-refractivity contribution is 6.31. The van der Waals surface area contributed by atoms with Gasteiger partial charge in [-0.3, -0.25) is 14.5 Å². The minimum Gasteiger partial charge on any atom is -0.379 e. The quantitative estimate of drug-likeness (QED) is 0.841. The van der Waals surface area contributed by atoms with Crippen LogP contribution < -0.4 is 10.2 Å². The maximum atomic E-state index is 12.2. The number of hydrogen-bond acceptors (Lipinski definition) is 4. The Morgan fingerprint density at radius 1 is 1.33 bits per heavy atom. The number of amides is 2. The van der Waals surface area contributed by atoms with Gasteiger partial charge in [-0.15, -0.1) is 0 Å². The molecule has 1 fully saturated rings. The van der Waals surface area contributed by atoms with Gasteiger partial charge in [0.15, 0.2) is 0 Å². The average molecular weight is 354 g/mol. The largest absolute Gasteiger partial charge is 0.379 e. The first-order valence-electron chi connectivity index (χ1n) is 8.08. The lowest BCUT2D eigenvalue weighted by Gasteiger charge is -2.27. The number of halogens is 1. The third-order valence-electron chi connectivity index (χ3n) is 4.00. The fraction of sp³-hybridized carbons (Fsp3) is 0.529. The summed E-state index contributed by atoms with van der Waals surface area (Å²) in [5.74, 6) is -0.374. The van der Waals surface area contributed by atoms with Gasteiger partial charge in [-0.05, 0) is 24.6 Å². The molecule has 0 bridgehead atoms. The van der Waals surface area contributed by atoms with E-state index >= 15 is 0 Å². The van der Waals surface area contributed by atoms with Crippen molar-refractivity contribution in [3.8, 4) is 0 Å². The van der Waals surface area contributed by atoms with Gasteiger partial charge in [0.1, 0.15) is 6.54 Å². The summed E-state index contributed by atoms with van der Waals surface area (Å²) < 4.78 is 5.29. The standard InChI is InChI=1S/C17H24ClN3O3/c1-13-3-4-15(18)11-16(13)21(14(2)22)12-17(23)19-5-6-20-7-9-24-10-8-20/h3-4,11H,5-10,12H2,1-2H3,(H,19,23). The van der Waals surface area contributed by atoms with Gasteiger partial charge >= 0.3 is 0 Å². The van der Waals surface area contributed by atoms with E-state index in [-0.39, 0.29) is 18.4 Å². The van der Waals surface area contributed by atoms with Crippen molar-refractivity contribution >= 4 is 29.1 Å². The SMILES string of the molecule is CC(=O)N(CC(=O)NCCN1CCOCC1)c1cc(Cl)ccc1C. The number of anilines is 1. The second kappa shape index (κ2) is 9.01. The molecule has 0 unspecified atom stereocenters. The van der Waals surface area contributed by atoms with Gasteiger partial charge in [0.2, 0.25) is 11.8 Å². The number of aryl methyl sites for hydroxylation is 1. The van der Waals surface area contributed by atoms with Crippen LogP contribution in [0.1, 0.15) is 12.5 Å². The number of benzene rings is 1. The lowest BCUT2D eigenvalue weighted by atomic mass is 10.1. The highest BCUT2D eigenvalue weighted by Gasteiger charge is 2.18. The minimum atomic E-state index is -0.191. The molecule has 132 valence electrons. The molecule has 0 atom stereocenters. The molecule has 0 spiro atoms. The number of rotatable bonds is 6. The Kier molecular flexibility index (Phi) is 7.02. The van der Waals surface area contributed by atoms with Crippen LogP contribution in [0.2, 0.25) is 5.02 Å². The van der Waals surface area contributed by atoms with Crippen molar-refractivity contribution in [1.29, 1.82) is 0 Å². The molecular weight excluding hydrogens is 330 g/mol. The third kappa shape index (κ3) is 5.47. The van der Waals surface area contributed by atoms with Gasteiger partial charge in [0.25, 0.3) is 0 Å². The van der Waals surface area contributed by atoms with Crippen LogP contribution >= 0.6 is 11.6 Å². The predicted octanol–water partition coefficient (Wildman–Crippen LogP) is 1.45. The van der Waals surface area contributed by atoms with E-state index in [0.717, 1.165) is 38.4 Å². The second-order valence-electron chi connectivity index (χ2n) is 5.84. The maximum absolute atomic E-state index is 12.2. The summed E-state index contributed by atoms with van der Waals surface area (Å²) in [6, 6.07) is 5.31. The summed E-state index contributed by atoms with van der Waals surface area (Å²) in [5.41, 5.74) is 1.56. The van der Waals surface area contributed by atoms with Crippen LogP contribution in [0.5, 0.6) is 0 Å². The first kappa shape index (κ1) is 18.7. The molecule has 1 aromatic carbocycles. The van der Waals surface area contributed by atoms with Crippen LogP contribution in [0, 0.1) is 6.92 Å². The first-order chi connectivity index (χ1) is 11.5. The minimum absolute atomic E-state index is 0.0143. The fourth-order valence-electron chi connectivity index (χ4n) is 2.62. The molecule has 1 aliphatic rings. The van der Waals surface area contributed by atoms with Crippen LogP contribution in [0.3, 0.4) is 0 Å². The van der Waals surface area contributed by atoms with Gasteiger partial charge in [0, 0.05) is 43.8 Å². The summed E-state index contributed by atoms with van der Waals surface area (Å²) >= 11 is 6.02. The van der Waals surface area contributed by atoms with Crippen LogP contribution in [0.4, 0.5) is 5.69 Å². The van der Waals surface area contributed by atoms with Crippen molar-refractivity contribution < 1.29 is 14.3 Å². The summed E-state index contributed by atoms with van der Waals surface area (Å²) in [6.07, 6.45) is 0. The van der Waals surface area contributed by atoms with Gasteiger partial charge in [0.05, 0.1) is 13.2 Å². The van der Waals surface area contributed by atoms with E-state index in [0.29, 0.717) is 17.3 Å². The van der Waals surface area contributed by atoms with E-state index in [1.54, 1.807) is 12.1 Å². The van der Waals surface area contributed by atoms with E-state index < -0.39 is 0 Å². The van der Waals surface area contributed by atoms with Crippen molar-refractivity contribution in [2.45, 2.75) is 13.8 Å². The molecule has 24 heavy (non-hydrogen) atoms. The number of morpholine rings is 1. The molecule has 0 aliphatic carbocycles. The molecular formula is C17H24ClN3O3. The van der Waals surface area contributed by atoms with Crippen molar-refractivity contribution in [3.63, 3.8) is 0 Å². The van der Waals surface area contributed by atoms with Gasteiger partial charge in [-0.1, -0.05) is 17.7 Å². The number of ether oxygens (including phenoxy) is 1. The van der Waals surface area contributed by atoms with Crippen LogP contribution in [0.25, 0.3) is 0 Å². The summed E-state index contributed by atoms with van der Waals surface area (Å²) in [4.78, 5) is 27.8. The van der Waals surface area contributed by atoms with Gasteiger partial charge < -0.3 is 15.0 Å². The molecule has 0 radical (unpaired) electrons. The molecule has 1 heterocycles. The Morgan fingerprint density at radius 3 is 2.71 bits per heavy atom. The smallest absolute Gasteiger partial charge is 0.240 e. The number of carbonyl (C=O) groups is 2. The first-order valence-corrected chi connectivity index (χ1v) is 8.46. The Morgan fingerprint density at radius 2 is 2.04 bits per heavy atom. The number of nitrogens with one attached hydrogen (secondary N) is 1. The van der Waals surface area contributed by atoms with E-state index in [1.165, 1.54) is 11.8 Å². The average Bonchev–Trinajstić information content (AvgIpc) is 2.56. The molecule has 1 N–H and O–H groups in total. The van der Waals surface area contributed by atoms with E-state index in [9.17, 15) is 9.59 Å². The zero-order valence-electron chi connectivity index (χ0n) is 14.2. The summed E-state index contributed by atoms with van der Waals surface area (Å²) in [5, 5.41) is 3.41. The van der Waals surface area contributed by atoms with Crippen molar-refractivity contribution in [3.05, 3.63) is 28.8 Å². The van der Waals surface area contributed by atoms with Crippen molar-refractivity contribution in [2.75, 3.05) is 50.8 Å². The zero-order valence-corrected chi connectivity index (χ0v) is 14.9. The number of nitrogens with zero attached hydrogens (tertiary/aromatic N) is 2.